The Kier molecular flexibility index (Phi) is 3.86. The summed E-state index contributed by atoms with van der Waals surface area (Å²) in [5, 5.41) is 12.6. The van der Waals surface area contributed by atoms with E-state index in [0.29, 0.717) is 17.9 Å². The zero-order chi connectivity index (χ0) is 13.9. The summed E-state index contributed by atoms with van der Waals surface area (Å²) in [6.07, 6.45) is 3.38. The number of morpholine rings is 1. The first-order valence-corrected chi connectivity index (χ1v) is 7.23. The molecule has 1 aliphatic carbocycles. The van der Waals surface area contributed by atoms with Gasteiger partial charge in [-0.25, -0.2) is 4.98 Å². The molecule has 20 heavy (non-hydrogen) atoms. The Morgan fingerprint density at radius 2 is 2.45 bits per heavy atom. The van der Waals surface area contributed by atoms with E-state index in [-0.39, 0.29) is 6.10 Å². The van der Waals surface area contributed by atoms with Crippen LogP contribution in [0.15, 0.2) is 6.07 Å². The van der Waals surface area contributed by atoms with Gasteiger partial charge in [-0.05, 0) is 37.9 Å². The van der Waals surface area contributed by atoms with Crippen LogP contribution in [0.2, 0.25) is 0 Å². The number of hydrogen-bond acceptors (Lipinski definition) is 5. The molecule has 1 aromatic heterocycles. The maximum atomic E-state index is 9.26. The van der Waals surface area contributed by atoms with Gasteiger partial charge in [0.05, 0.1) is 18.3 Å². The monoisotopic (exact) mass is 272 g/mol. The number of nitrogens with zero attached hydrogens (tertiary/aromatic N) is 3. The van der Waals surface area contributed by atoms with Gasteiger partial charge in [-0.2, -0.15) is 5.26 Å². The third kappa shape index (κ3) is 2.77. The number of nitriles is 1. The van der Waals surface area contributed by atoms with Gasteiger partial charge in [-0.15, -0.1) is 0 Å². The molecule has 0 spiro atoms. The van der Waals surface area contributed by atoms with Crippen molar-refractivity contribution in [2.24, 2.45) is 0 Å². The number of aromatic nitrogens is 1. The molecule has 2 aliphatic rings. The molecule has 0 amide bonds. The predicted octanol–water partition coefficient (Wildman–Crippen LogP) is 1.18. The highest BCUT2D eigenvalue weighted by molar-refractivity contribution is 5.55. The minimum Gasteiger partial charge on any atom is -0.374 e. The van der Waals surface area contributed by atoms with Gasteiger partial charge in [0.1, 0.15) is 11.9 Å². The second kappa shape index (κ2) is 5.78. The van der Waals surface area contributed by atoms with Crippen LogP contribution in [0.1, 0.15) is 23.2 Å². The van der Waals surface area contributed by atoms with Crippen molar-refractivity contribution in [2.75, 3.05) is 38.6 Å². The van der Waals surface area contributed by atoms with Crippen molar-refractivity contribution in [3.63, 3.8) is 0 Å². The quantitative estimate of drug-likeness (QED) is 0.895. The number of aryl methyl sites for hydroxylation is 2. The molecule has 0 aromatic carbocycles. The van der Waals surface area contributed by atoms with E-state index in [9.17, 15) is 5.26 Å². The van der Waals surface area contributed by atoms with Gasteiger partial charge in [-0.3, -0.25) is 0 Å². The van der Waals surface area contributed by atoms with Crippen LogP contribution in [-0.2, 0) is 17.6 Å². The SMILES string of the molecule is CN1CCOC(CNc2nc3c(cc2C#N)CCC3)C1. The summed E-state index contributed by atoms with van der Waals surface area (Å²) >= 11 is 0. The second-order valence-electron chi connectivity index (χ2n) is 5.59. The topological polar surface area (TPSA) is 61.2 Å². The van der Waals surface area contributed by atoms with Gasteiger partial charge in [0.2, 0.25) is 0 Å². The number of hydrogen-bond donors (Lipinski definition) is 1. The second-order valence-corrected chi connectivity index (χ2v) is 5.59. The number of likely N-dealkylation sites (N-methyl/N-ethyl adjacent to an activating group) is 1. The third-order valence-electron chi connectivity index (χ3n) is 4.01. The fourth-order valence-electron chi connectivity index (χ4n) is 2.89. The normalized spacial score (nSPS) is 22.3. The first-order chi connectivity index (χ1) is 9.76. The molecule has 0 radical (unpaired) electrons. The number of anilines is 1. The highest BCUT2D eigenvalue weighted by Crippen LogP contribution is 2.25. The Morgan fingerprint density at radius 1 is 1.55 bits per heavy atom. The lowest BCUT2D eigenvalue weighted by Crippen LogP contribution is -2.43. The van der Waals surface area contributed by atoms with Crippen molar-refractivity contribution in [3.8, 4) is 6.07 Å². The van der Waals surface area contributed by atoms with E-state index in [2.05, 4.69) is 28.3 Å². The fourth-order valence-corrected chi connectivity index (χ4v) is 2.89. The van der Waals surface area contributed by atoms with Crippen LogP contribution in [-0.4, -0.2) is 49.3 Å². The van der Waals surface area contributed by atoms with E-state index in [0.717, 1.165) is 44.7 Å². The molecule has 1 aliphatic heterocycles. The molecule has 1 saturated heterocycles. The molecule has 3 rings (SSSR count). The van der Waals surface area contributed by atoms with E-state index in [1.54, 1.807) is 0 Å². The van der Waals surface area contributed by atoms with Crippen LogP contribution in [0.4, 0.5) is 5.82 Å². The summed E-state index contributed by atoms with van der Waals surface area (Å²) in [5.41, 5.74) is 3.03. The molecule has 0 bridgehead atoms. The fraction of sp³-hybridized carbons (Fsp3) is 0.600. The zero-order valence-corrected chi connectivity index (χ0v) is 11.9. The minimum absolute atomic E-state index is 0.162. The standard InChI is InChI=1S/C15H20N4O/c1-19-5-6-20-13(10-19)9-17-15-12(8-16)7-11-3-2-4-14(11)18-15/h7,13H,2-6,9-10H2,1H3,(H,17,18). The van der Waals surface area contributed by atoms with E-state index in [1.807, 2.05) is 6.07 Å². The van der Waals surface area contributed by atoms with Crippen LogP contribution in [0.25, 0.3) is 0 Å². The van der Waals surface area contributed by atoms with Gasteiger partial charge in [0.25, 0.3) is 0 Å². The van der Waals surface area contributed by atoms with Crippen molar-refractivity contribution in [1.82, 2.24) is 9.88 Å². The van der Waals surface area contributed by atoms with Crippen LogP contribution in [0, 0.1) is 11.3 Å². The van der Waals surface area contributed by atoms with Crippen molar-refractivity contribution < 1.29 is 4.74 Å². The van der Waals surface area contributed by atoms with E-state index >= 15 is 0 Å². The third-order valence-corrected chi connectivity index (χ3v) is 4.01. The lowest BCUT2D eigenvalue weighted by molar-refractivity contribution is -0.0117. The van der Waals surface area contributed by atoms with Crippen LogP contribution in [0.3, 0.4) is 0 Å². The number of nitrogens with one attached hydrogen (secondary N) is 1. The number of rotatable bonds is 3. The number of ether oxygens (including phenoxy) is 1. The van der Waals surface area contributed by atoms with Crippen LogP contribution in [0.5, 0.6) is 0 Å². The average Bonchev–Trinajstić information content (AvgIpc) is 2.91. The van der Waals surface area contributed by atoms with Crippen molar-refractivity contribution in [2.45, 2.75) is 25.4 Å². The molecule has 1 fully saturated rings. The first-order valence-electron chi connectivity index (χ1n) is 7.23. The van der Waals surface area contributed by atoms with Gasteiger partial charge < -0.3 is 15.0 Å². The summed E-state index contributed by atoms with van der Waals surface area (Å²) in [6, 6.07) is 4.24. The molecule has 1 N–H and O–H groups in total. The summed E-state index contributed by atoms with van der Waals surface area (Å²) in [7, 11) is 2.10. The molecule has 0 saturated carbocycles. The van der Waals surface area contributed by atoms with Gasteiger partial charge in [0.15, 0.2) is 0 Å². The Labute approximate surface area is 119 Å². The van der Waals surface area contributed by atoms with E-state index in [1.165, 1.54) is 5.56 Å². The van der Waals surface area contributed by atoms with Gasteiger partial charge in [-0.1, -0.05) is 0 Å². The Balaban J connectivity index is 1.69. The molecule has 5 heteroatoms. The highest BCUT2D eigenvalue weighted by atomic mass is 16.5. The molecular weight excluding hydrogens is 252 g/mol. The molecule has 106 valence electrons. The molecule has 2 heterocycles. The van der Waals surface area contributed by atoms with Crippen LogP contribution < -0.4 is 5.32 Å². The van der Waals surface area contributed by atoms with Crippen molar-refractivity contribution >= 4 is 5.82 Å². The largest absolute Gasteiger partial charge is 0.374 e. The van der Waals surface area contributed by atoms with E-state index < -0.39 is 0 Å². The average molecular weight is 272 g/mol. The number of fused-ring (bicyclic) bond motifs is 1. The van der Waals surface area contributed by atoms with Crippen molar-refractivity contribution in [1.29, 1.82) is 5.26 Å². The van der Waals surface area contributed by atoms with Gasteiger partial charge in [0, 0.05) is 25.3 Å². The summed E-state index contributed by atoms with van der Waals surface area (Å²) in [6.45, 7) is 3.37. The summed E-state index contributed by atoms with van der Waals surface area (Å²) in [5.74, 6) is 0.713. The summed E-state index contributed by atoms with van der Waals surface area (Å²) in [4.78, 5) is 6.89. The highest BCUT2D eigenvalue weighted by Gasteiger charge is 2.20. The molecule has 1 atom stereocenters. The smallest absolute Gasteiger partial charge is 0.144 e. The molecule has 5 nitrogen and oxygen atoms in total. The van der Waals surface area contributed by atoms with E-state index in [4.69, 9.17) is 4.74 Å². The number of pyridine rings is 1. The predicted molar refractivity (Wildman–Crippen MR) is 76.7 cm³/mol. The lowest BCUT2D eigenvalue weighted by Gasteiger charge is -2.30. The summed E-state index contributed by atoms with van der Waals surface area (Å²) < 4.78 is 5.72. The first kappa shape index (κ1) is 13.3. The Hall–Kier alpha value is -1.64. The van der Waals surface area contributed by atoms with Gasteiger partial charge >= 0.3 is 0 Å². The van der Waals surface area contributed by atoms with Crippen LogP contribution >= 0.6 is 0 Å². The van der Waals surface area contributed by atoms with Crippen molar-refractivity contribution in [3.05, 3.63) is 22.9 Å². The minimum atomic E-state index is 0.162. The Morgan fingerprint density at radius 3 is 3.25 bits per heavy atom. The molecule has 1 aromatic rings. The molecule has 1 unspecified atom stereocenters. The Bertz CT molecular complexity index is 537. The zero-order valence-electron chi connectivity index (χ0n) is 11.9. The maximum Gasteiger partial charge on any atom is 0.144 e. The maximum absolute atomic E-state index is 9.26. The molecular formula is C15H20N4O. The lowest BCUT2D eigenvalue weighted by atomic mass is 10.1.